The fourth-order valence-electron chi connectivity index (χ4n) is 2.14. The number of carbonyl (C=O) groups excluding carboxylic acids is 1. The van der Waals surface area contributed by atoms with Gasteiger partial charge in [0.2, 0.25) is 0 Å². The van der Waals surface area contributed by atoms with E-state index in [2.05, 4.69) is 5.32 Å². The van der Waals surface area contributed by atoms with Gasteiger partial charge in [0.1, 0.15) is 5.70 Å². The van der Waals surface area contributed by atoms with E-state index in [0.717, 1.165) is 17.7 Å². The predicted molar refractivity (Wildman–Crippen MR) is 73.5 cm³/mol. The van der Waals surface area contributed by atoms with Crippen LogP contribution in [0.25, 0.3) is 0 Å². The third kappa shape index (κ3) is 3.67. The van der Waals surface area contributed by atoms with Crippen molar-refractivity contribution >= 4 is 6.29 Å². The first kappa shape index (κ1) is 16.1. The first-order valence-electron chi connectivity index (χ1n) is 6.58. The summed E-state index contributed by atoms with van der Waals surface area (Å²) < 4.78 is 37.8. The molecule has 2 rings (SSSR count). The van der Waals surface area contributed by atoms with Gasteiger partial charge in [-0.05, 0) is 43.0 Å². The number of aldehydes is 1. The van der Waals surface area contributed by atoms with Crippen molar-refractivity contribution in [3.05, 3.63) is 58.7 Å². The molecule has 4 nitrogen and oxygen atoms in total. The van der Waals surface area contributed by atoms with Crippen LogP contribution in [-0.2, 0) is 17.4 Å². The molecule has 1 heterocycles. The highest BCUT2D eigenvalue weighted by Gasteiger charge is 2.30. The Labute approximate surface area is 125 Å². The molecule has 1 aliphatic rings. The quantitative estimate of drug-likeness (QED) is 0.839. The molecule has 0 saturated carbocycles. The molecule has 1 aromatic rings. The minimum atomic E-state index is -4.34. The molecule has 2 N–H and O–H groups in total. The number of rotatable bonds is 4. The maximum Gasteiger partial charge on any atom is 0.416 e. The van der Waals surface area contributed by atoms with Crippen molar-refractivity contribution in [2.24, 2.45) is 0 Å². The molecular formula is C15H15F3N2O2. The van der Waals surface area contributed by atoms with Crippen molar-refractivity contribution in [1.82, 2.24) is 10.4 Å². The molecule has 0 atom stereocenters. The fourth-order valence-corrected chi connectivity index (χ4v) is 2.14. The number of allylic oxidation sites excluding steroid dienone is 2. The highest BCUT2D eigenvalue weighted by molar-refractivity contribution is 5.72. The summed E-state index contributed by atoms with van der Waals surface area (Å²) in [6.07, 6.45) is -0.109. The predicted octanol–water partition coefficient (Wildman–Crippen LogP) is 3.12. The zero-order valence-electron chi connectivity index (χ0n) is 11.8. The summed E-state index contributed by atoms with van der Waals surface area (Å²) >= 11 is 0. The van der Waals surface area contributed by atoms with E-state index in [1.54, 1.807) is 6.92 Å². The molecule has 0 aromatic heterocycles. The summed E-state index contributed by atoms with van der Waals surface area (Å²) in [7, 11) is 0. The smallest absolute Gasteiger partial charge is 0.362 e. The number of hydrogen-bond donors (Lipinski definition) is 2. The summed E-state index contributed by atoms with van der Waals surface area (Å²) in [5.41, 5.74) is 1.44. The van der Waals surface area contributed by atoms with Gasteiger partial charge in [-0.3, -0.25) is 10.0 Å². The number of aryl methyl sites for hydroxylation is 2. The number of nitrogens with zero attached hydrogens (tertiary/aromatic N) is 1. The first-order valence-corrected chi connectivity index (χ1v) is 6.58. The number of carbonyl (C=O) groups is 1. The van der Waals surface area contributed by atoms with Crippen molar-refractivity contribution in [1.29, 1.82) is 0 Å². The van der Waals surface area contributed by atoms with Crippen LogP contribution < -0.4 is 5.32 Å². The van der Waals surface area contributed by atoms with Crippen LogP contribution in [0.1, 0.15) is 23.1 Å². The molecule has 0 bridgehead atoms. The van der Waals surface area contributed by atoms with Crippen LogP contribution in [0.4, 0.5) is 13.2 Å². The zero-order valence-corrected chi connectivity index (χ0v) is 11.8. The van der Waals surface area contributed by atoms with Crippen molar-refractivity contribution in [2.75, 3.05) is 0 Å². The number of halogens is 3. The Morgan fingerprint density at radius 3 is 2.59 bits per heavy atom. The lowest BCUT2D eigenvalue weighted by Crippen LogP contribution is -2.24. The van der Waals surface area contributed by atoms with E-state index in [1.165, 1.54) is 18.5 Å². The summed E-state index contributed by atoms with van der Waals surface area (Å²) in [6, 6.07) is 3.65. The standard InChI is InChI=1S/C15H15F3N2O2/c1-10-6-12(15(16,17)18)4-2-11(10)3-5-13-8-20(22)14(9-21)7-19-13/h2,4,6-9,19,22H,3,5H2,1H3. The molecule has 0 saturated heterocycles. The molecular weight excluding hydrogens is 297 g/mol. The van der Waals surface area contributed by atoms with Crippen LogP contribution in [0.5, 0.6) is 0 Å². The number of hydroxylamine groups is 2. The minimum absolute atomic E-state index is 0.0782. The normalized spacial score (nSPS) is 15.0. The molecule has 0 unspecified atom stereocenters. The van der Waals surface area contributed by atoms with Crippen LogP contribution in [0.3, 0.4) is 0 Å². The summed E-state index contributed by atoms with van der Waals surface area (Å²) in [4.78, 5) is 10.6. The molecule has 0 amide bonds. The number of alkyl halides is 3. The molecule has 7 heteroatoms. The van der Waals surface area contributed by atoms with Gasteiger partial charge < -0.3 is 5.32 Å². The van der Waals surface area contributed by atoms with E-state index >= 15 is 0 Å². The van der Waals surface area contributed by atoms with E-state index in [-0.39, 0.29) is 5.70 Å². The second kappa shape index (κ2) is 6.23. The maximum atomic E-state index is 12.6. The molecule has 1 aromatic carbocycles. The van der Waals surface area contributed by atoms with Crippen molar-refractivity contribution in [2.45, 2.75) is 25.9 Å². The highest BCUT2D eigenvalue weighted by Crippen LogP contribution is 2.30. The Bertz CT molecular complexity index is 636. The monoisotopic (exact) mass is 312 g/mol. The van der Waals surface area contributed by atoms with Crippen molar-refractivity contribution in [3.8, 4) is 0 Å². The SMILES string of the molecule is Cc1cc(C(F)(F)F)ccc1CCC1=CN(O)C(C=O)=CN1. The van der Waals surface area contributed by atoms with Gasteiger partial charge in [-0.15, -0.1) is 0 Å². The average Bonchev–Trinajstić information content (AvgIpc) is 2.45. The Morgan fingerprint density at radius 1 is 1.32 bits per heavy atom. The zero-order chi connectivity index (χ0) is 16.3. The Hall–Kier alpha value is -2.28. The lowest BCUT2D eigenvalue weighted by molar-refractivity contribution is -0.137. The number of benzene rings is 1. The van der Waals surface area contributed by atoms with E-state index in [9.17, 15) is 23.2 Å². The summed E-state index contributed by atoms with van der Waals surface area (Å²) in [5.74, 6) is 0. The van der Waals surface area contributed by atoms with E-state index < -0.39 is 11.7 Å². The van der Waals surface area contributed by atoms with Gasteiger partial charge in [0, 0.05) is 11.9 Å². The van der Waals surface area contributed by atoms with Crippen LogP contribution >= 0.6 is 0 Å². The van der Waals surface area contributed by atoms with Gasteiger partial charge in [-0.25, -0.2) is 5.06 Å². The van der Waals surface area contributed by atoms with Crippen molar-refractivity contribution in [3.63, 3.8) is 0 Å². The number of hydrogen-bond acceptors (Lipinski definition) is 4. The molecule has 0 spiro atoms. The summed E-state index contributed by atoms with van der Waals surface area (Å²) in [5, 5.41) is 13.1. The highest BCUT2D eigenvalue weighted by atomic mass is 19.4. The van der Waals surface area contributed by atoms with E-state index in [4.69, 9.17) is 0 Å². The van der Waals surface area contributed by atoms with Crippen LogP contribution in [0.15, 0.2) is 42.0 Å². The van der Waals surface area contributed by atoms with Crippen LogP contribution in [-0.4, -0.2) is 16.6 Å². The van der Waals surface area contributed by atoms with Crippen LogP contribution in [0, 0.1) is 6.92 Å². The average molecular weight is 312 g/mol. The largest absolute Gasteiger partial charge is 0.416 e. The van der Waals surface area contributed by atoms with Gasteiger partial charge >= 0.3 is 6.18 Å². The molecule has 0 fully saturated rings. The minimum Gasteiger partial charge on any atom is -0.362 e. The number of nitrogens with one attached hydrogen (secondary N) is 1. The molecule has 0 aliphatic carbocycles. The lowest BCUT2D eigenvalue weighted by atomic mass is 10.00. The fraction of sp³-hybridized carbons (Fsp3) is 0.267. The Balaban J connectivity index is 2.03. The van der Waals surface area contributed by atoms with Gasteiger partial charge in [0.05, 0.1) is 11.8 Å². The van der Waals surface area contributed by atoms with Gasteiger partial charge in [-0.1, -0.05) is 6.07 Å². The Kier molecular flexibility index (Phi) is 4.56. The topological polar surface area (TPSA) is 52.6 Å². The maximum absolute atomic E-state index is 12.6. The molecule has 1 aliphatic heterocycles. The molecule has 22 heavy (non-hydrogen) atoms. The summed E-state index contributed by atoms with van der Waals surface area (Å²) in [6.45, 7) is 1.63. The van der Waals surface area contributed by atoms with Crippen molar-refractivity contribution < 1.29 is 23.2 Å². The first-order chi connectivity index (χ1) is 10.3. The van der Waals surface area contributed by atoms with E-state index in [1.807, 2.05) is 0 Å². The molecule has 118 valence electrons. The van der Waals surface area contributed by atoms with E-state index in [0.29, 0.717) is 35.5 Å². The van der Waals surface area contributed by atoms with Gasteiger partial charge in [0.15, 0.2) is 6.29 Å². The third-order valence-corrected chi connectivity index (χ3v) is 3.40. The lowest BCUT2D eigenvalue weighted by Gasteiger charge is -2.20. The second-order valence-electron chi connectivity index (χ2n) is 4.97. The van der Waals surface area contributed by atoms with Gasteiger partial charge in [0.25, 0.3) is 0 Å². The van der Waals surface area contributed by atoms with Crippen LogP contribution in [0.2, 0.25) is 0 Å². The van der Waals surface area contributed by atoms with Gasteiger partial charge in [-0.2, -0.15) is 13.2 Å². The Morgan fingerprint density at radius 2 is 2.05 bits per heavy atom. The second-order valence-corrected chi connectivity index (χ2v) is 4.97. The third-order valence-electron chi connectivity index (χ3n) is 3.40. The molecule has 0 radical (unpaired) electrons.